The zero-order chi connectivity index (χ0) is 7.11. The third-order valence-corrected chi connectivity index (χ3v) is 0.691. The molecule has 0 aliphatic heterocycles. The van der Waals surface area contributed by atoms with E-state index in [4.69, 9.17) is 0 Å². The molecule has 0 atom stereocenters. The van der Waals surface area contributed by atoms with Gasteiger partial charge in [-0.1, -0.05) is 6.08 Å². The first-order valence-electron chi connectivity index (χ1n) is 2.33. The van der Waals surface area contributed by atoms with Gasteiger partial charge in [0.2, 0.25) is 0 Å². The van der Waals surface area contributed by atoms with Gasteiger partial charge in [-0.15, -0.1) is 6.26 Å². The van der Waals surface area contributed by atoms with Crippen LogP contribution in [-0.2, 0) is 9.53 Å². The second kappa shape index (κ2) is 9.39. The maximum atomic E-state index is 9.91. The number of ether oxygens (including phenoxy) is 1. The van der Waals surface area contributed by atoms with Gasteiger partial charge in [0.1, 0.15) is 0 Å². The van der Waals surface area contributed by atoms with E-state index in [0.717, 1.165) is 0 Å². The van der Waals surface area contributed by atoms with Crippen LogP contribution in [0.3, 0.4) is 0 Å². The van der Waals surface area contributed by atoms with Crippen LogP contribution < -0.4 is 56.5 Å². The van der Waals surface area contributed by atoms with Gasteiger partial charge in [0.05, 0.1) is 7.11 Å². The van der Waals surface area contributed by atoms with Crippen LogP contribution in [0.25, 0.3) is 0 Å². The SMILES string of the molecule is CO/C(C=O)=C\C=C\[O-].[K+]. The molecule has 0 heterocycles. The Labute approximate surface area is 102 Å². The summed E-state index contributed by atoms with van der Waals surface area (Å²) in [4.78, 5) is 9.91. The Kier molecular flexibility index (Phi) is 12.2. The maximum absolute atomic E-state index is 9.91. The van der Waals surface area contributed by atoms with Crippen molar-refractivity contribution in [2.45, 2.75) is 0 Å². The molecular weight excluding hydrogens is 159 g/mol. The van der Waals surface area contributed by atoms with E-state index >= 15 is 0 Å². The Hall–Kier alpha value is 0.386. The Bertz CT molecular complexity index is 140. The van der Waals surface area contributed by atoms with Gasteiger partial charge in [0, 0.05) is 0 Å². The number of aldehydes is 1. The second-order valence-corrected chi connectivity index (χ2v) is 1.22. The number of carbonyl (C=O) groups excluding carboxylic acids is 1. The van der Waals surface area contributed by atoms with E-state index in [1.54, 1.807) is 0 Å². The molecule has 0 rings (SSSR count). The fourth-order valence-corrected chi connectivity index (χ4v) is 0.290. The van der Waals surface area contributed by atoms with Crippen molar-refractivity contribution >= 4 is 6.29 Å². The average molecular weight is 166 g/mol. The molecule has 50 valence electrons. The number of rotatable bonds is 3. The fourth-order valence-electron chi connectivity index (χ4n) is 0.290. The quantitative estimate of drug-likeness (QED) is 0.144. The third kappa shape index (κ3) is 6.51. The summed E-state index contributed by atoms with van der Waals surface area (Å²) in [5.74, 6) is 0.141. The number of hydrogen-bond donors (Lipinski definition) is 0. The number of methoxy groups -OCH3 is 1. The molecule has 0 radical (unpaired) electrons. The molecule has 0 aliphatic rings. The number of hydrogen-bond acceptors (Lipinski definition) is 3. The molecule has 3 nitrogen and oxygen atoms in total. The minimum Gasteiger partial charge on any atom is -0.878 e. The van der Waals surface area contributed by atoms with E-state index in [2.05, 4.69) is 4.74 Å². The molecule has 10 heavy (non-hydrogen) atoms. The van der Waals surface area contributed by atoms with Crippen molar-refractivity contribution in [3.63, 3.8) is 0 Å². The normalized spacial score (nSPS) is 10.7. The summed E-state index contributed by atoms with van der Waals surface area (Å²) in [6.45, 7) is 0. The van der Waals surface area contributed by atoms with Crippen LogP contribution in [0.1, 0.15) is 0 Å². The Balaban J connectivity index is 0. The zero-order valence-corrected chi connectivity index (χ0v) is 9.16. The van der Waals surface area contributed by atoms with Crippen LogP contribution in [0.4, 0.5) is 0 Å². The zero-order valence-electron chi connectivity index (χ0n) is 6.03. The summed E-state index contributed by atoms with van der Waals surface area (Å²) in [7, 11) is 1.36. The van der Waals surface area contributed by atoms with Crippen LogP contribution in [0.15, 0.2) is 24.2 Å². The number of allylic oxidation sites excluding steroid dienone is 3. The molecule has 0 saturated carbocycles. The summed E-state index contributed by atoms with van der Waals surface area (Å²) < 4.78 is 4.50. The van der Waals surface area contributed by atoms with E-state index in [-0.39, 0.29) is 57.1 Å². The van der Waals surface area contributed by atoms with Crippen LogP contribution in [-0.4, -0.2) is 13.4 Å². The van der Waals surface area contributed by atoms with E-state index in [9.17, 15) is 9.90 Å². The van der Waals surface area contributed by atoms with Gasteiger partial charge < -0.3 is 9.84 Å². The third-order valence-electron chi connectivity index (χ3n) is 0.691. The molecule has 0 aromatic heterocycles. The smallest absolute Gasteiger partial charge is 0.878 e. The number of carbonyl (C=O) groups is 1. The monoisotopic (exact) mass is 166 g/mol. The van der Waals surface area contributed by atoms with Crippen LogP contribution in [0.5, 0.6) is 0 Å². The molecule has 0 aromatic rings. The van der Waals surface area contributed by atoms with E-state index in [1.807, 2.05) is 0 Å². The average Bonchev–Trinajstić information content (AvgIpc) is 1.91. The predicted molar refractivity (Wildman–Crippen MR) is 30.3 cm³/mol. The van der Waals surface area contributed by atoms with Crippen LogP contribution in [0, 0.1) is 0 Å². The first kappa shape index (κ1) is 13.0. The first-order chi connectivity index (χ1) is 4.35. The Morgan fingerprint density at radius 1 is 1.60 bits per heavy atom. The van der Waals surface area contributed by atoms with Crippen molar-refractivity contribution in [2.24, 2.45) is 0 Å². The molecule has 0 fully saturated rings. The molecule has 0 aliphatic carbocycles. The fraction of sp³-hybridized carbons (Fsp3) is 0.167. The Morgan fingerprint density at radius 2 is 2.20 bits per heavy atom. The van der Waals surface area contributed by atoms with Crippen LogP contribution >= 0.6 is 0 Å². The summed E-state index contributed by atoms with van der Waals surface area (Å²) in [6, 6.07) is 0. The molecule has 0 unspecified atom stereocenters. The summed E-state index contributed by atoms with van der Waals surface area (Å²) in [6.07, 6.45) is 3.58. The molecule has 0 bridgehead atoms. The topological polar surface area (TPSA) is 49.4 Å². The molecule has 0 aromatic carbocycles. The van der Waals surface area contributed by atoms with Gasteiger partial charge in [0.25, 0.3) is 0 Å². The summed E-state index contributed by atoms with van der Waals surface area (Å²) in [5, 5.41) is 9.67. The van der Waals surface area contributed by atoms with Gasteiger partial charge in [-0.3, -0.25) is 4.79 Å². The Morgan fingerprint density at radius 3 is 2.50 bits per heavy atom. The maximum Gasteiger partial charge on any atom is 1.00 e. The van der Waals surface area contributed by atoms with E-state index < -0.39 is 0 Å². The predicted octanol–water partition coefficient (Wildman–Crippen LogP) is -3.41. The van der Waals surface area contributed by atoms with Crippen molar-refractivity contribution in [1.29, 1.82) is 0 Å². The van der Waals surface area contributed by atoms with E-state index in [1.165, 1.54) is 19.3 Å². The van der Waals surface area contributed by atoms with Crippen molar-refractivity contribution in [1.82, 2.24) is 0 Å². The molecule has 4 heteroatoms. The van der Waals surface area contributed by atoms with Crippen molar-refractivity contribution in [2.75, 3.05) is 7.11 Å². The van der Waals surface area contributed by atoms with Crippen LogP contribution in [0.2, 0.25) is 0 Å². The van der Waals surface area contributed by atoms with E-state index in [0.29, 0.717) is 12.5 Å². The van der Waals surface area contributed by atoms with Gasteiger partial charge in [-0.2, -0.15) is 0 Å². The minimum absolute atomic E-state index is 0. The van der Waals surface area contributed by atoms with Crippen molar-refractivity contribution < 1.29 is 66.0 Å². The summed E-state index contributed by atoms with van der Waals surface area (Å²) in [5.41, 5.74) is 0. The minimum atomic E-state index is 0. The second-order valence-electron chi connectivity index (χ2n) is 1.22. The standard InChI is InChI=1S/C6H8O3.K/c1-9-6(5-8)3-2-4-7;/h2-5,7H,1H3;/q;+1/p-1/b4-2+,6-3-;. The molecule has 0 N–H and O–H groups in total. The molecule has 0 amide bonds. The first-order valence-corrected chi connectivity index (χ1v) is 2.33. The largest absolute Gasteiger partial charge is 1.00 e. The van der Waals surface area contributed by atoms with Crippen molar-refractivity contribution in [3.8, 4) is 0 Å². The van der Waals surface area contributed by atoms with Gasteiger partial charge in [-0.05, 0) is 6.08 Å². The van der Waals surface area contributed by atoms with Gasteiger partial charge in [0.15, 0.2) is 12.0 Å². The molecular formula is C6H7KO3. The van der Waals surface area contributed by atoms with Crippen molar-refractivity contribution in [3.05, 3.63) is 24.2 Å². The molecule has 0 spiro atoms. The summed E-state index contributed by atoms with van der Waals surface area (Å²) >= 11 is 0. The van der Waals surface area contributed by atoms with Gasteiger partial charge >= 0.3 is 51.4 Å². The molecule has 0 saturated heterocycles. The van der Waals surface area contributed by atoms with Gasteiger partial charge in [-0.25, -0.2) is 0 Å².